The number of benzene rings is 1. The quantitative estimate of drug-likeness (QED) is 0.741. The van der Waals surface area contributed by atoms with E-state index < -0.39 is 12.5 Å². The molecule has 1 aliphatic heterocycles. The second-order valence-electron chi connectivity index (χ2n) is 3.90. The highest BCUT2D eigenvalue weighted by molar-refractivity contribution is 5.44. The van der Waals surface area contributed by atoms with E-state index in [0.717, 1.165) is 5.56 Å². The number of hydrogen-bond donors (Lipinski definition) is 3. The second-order valence-corrected chi connectivity index (χ2v) is 3.90. The lowest BCUT2D eigenvalue weighted by Crippen LogP contribution is -2.35. The number of alkyl halides is 2. The van der Waals surface area contributed by atoms with Crippen LogP contribution < -0.4 is 10.1 Å². The van der Waals surface area contributed by atoms with Crippen molar-refractivity contribution in [3.63, 3.8) is 0 Å². The summed E-state index contributed by atoms with van der Waals surface area (Å²) < 4.78 is 29.5. The van der Waals surface area contributed by atoms with Gasteiger partial charge in [0, 0.05) is 18.2 Å². The van der Waals surface area contributed by atoms with Crippen LogP contribution in [0.1, 0.15) is 11.6 Å². The van der Waals surface area contributed by atoms with E-state index in [9.17, 15) is 13.9 Å². The minimum absolute atomic E-state index is 0.0945. The van der Waals surface area contributed by atoms with Gasteiger partial charge in [0.1, 0.15) is 24.2 Å². The fraction of sp³-hybridized carbons (Fsp3) is 0.455. The van der Waals surface area contributed by atoms with Gasteiger partial charge >= 0.3 is 0 Å². The van der Waals surface area contributed by atoms with Gasteiger partial charge in [-0.05, 0) is 12.1 Å². The summed E-state index contributed by atoms with van der Waals surface area (Å²) in [6.07, 6.45) is -4.44. The van der Waals surface area contributed by atoms with Crippen LogP contribution in [-0.2, 0) is 0 Å². The molecule has 17 heavy (non-hydrogen) atoms. The second kappa shape index (κ2) is 4.85. The molecule has 1 heterocycles. The highest BCUT2D eigenvalue weighted by Gasteiger charge is 2.26. The maximum atomic E-state index is 12.1. The molecule has 0 fully saturated rings. The zero-order chi connectivity index (χ0) is 12.4. The van der Waals surface area contributed by atoms with E-state index in [4.69, 9.17) is 9.84 Å². The fourth-order valence-corrected chi connectivity index (χ4v) is 1.72. The number of rotatable bonds is 4. The molecule has 1 aromatic rings. The Labute approximate surface area is 96.8 Å². The molecule has 0 spiro atoms. The molecule has 3 N–H and O–H groups in total. The Hall–Kier alpha value is -1.40. The molecular weight excluding hydrogens is 232 g/mol. The van der Waals surface area contributed by atoms with Crippen molar-refractivity contribution >= 4 is 0 Å². The normalized spacial score (nSPS) is 20.1. The van der Waals surface area contributed by atoms with Crippen molar-refractivity contribution in [2.24, 2.45) is 0 Å². The molecule has 2 atom stereocenters. The first-order chi connectivity index (χ1) is 8.08. The van der Waals surface area contributed by atoms with Gasteiger partial charge in [-0.25, -0.2) is 8.78 Å². The predicted octanol–water partition coefficient (Wildman–Crippen LogP) is 1.04. The van der Waals surface area contributed by atoms with E-state index in [1.807, 2.05) is 0 Å². The SMILES string of the molecule is Oc1ccc2c(c1)OCC2NCC(O)C(F)F. The lowest BCUT2D eigenvalue weighted by molar-refractivity contribution is -0.00492. The van der Waals surface area contributed by atoms with Crippen molar-refractivity contribution in [3.05, 3.63) is 23.8 Å². The molecule has 6 heteroatoms. The first-order valence-electron chi connectivity index (χ1n) is 5.23. The van der Waals surface area contributed by atoms with Crippen LogP contribution in [0.4, 0.5) is 8.78 Å². The summed E-state index contributed by atoms with van der Waals surface area (Å²) in [5, 5.41) is 21.0. The van der Waals surface area contributed by atoms with Gasteiger partial charge in [-0.3, -0.25) is 0 Å². The molecular formula is C11H13F2NO3. The lowest BCUT2D eigenvalue weighted by Gasteiger charge is -2.15. The fourth-order valence-electron chi connectivity index (χ4n) is 1.72. The average molecular weight is 245 g/mol. The molecule has 0 radical (unpaired) electrons. The number of fused-ring (bicyclic) bond motifs is 1. The van der Waals surface area contributed by atoms with Crippen LogP contribution >= 0.6 is 0 Å². The molecule has 0 bridgehead atoms. The highest BCUT2D eigenvalue weighted by Crippen LogP contribution is 2.34. The van der Waals surface area contributed by atoms with Crippen molar-refractivity contribution in [2.75, 3.05) is 13.2 Å². The van der Waals surface area contributed by atoms with Gasteiger partial charge in [-0.1, -0.05) is 0 Å². The molecule has 1 aliphatic rings. The summed E-state index contributed by atoms with van der Waals surface area (Å²) in [4.78, 5) is 0. The van der Waals surface area contributed by atoms with E-state index in [0.29, 0.717) is 12.4 Å². The zero-order valence-corrected chi connectivity index (χ0v) is 8.94. The summed E-state index contributed by atoms with van der Waals surface area (Å²) in [5.41, 5.74) is 0.796. The topological polar surface area (TPSA) is 61.7 Å². The van der Waals surface area contributed by atoms with E-state index in [1.54, 1.807) is 6.07 Å². The number of aliphatic hydroxyl groups is 1. The molecule has 2 unspecified atom stereocenters. The van der Waals surface area contributed by atoms with E-state index in [-0.39, 0.29) is 18.3 Å². The molecule has 0 saturated carbocycles. The van der Waals surface area contributed by atoms with Crippen LogP contribution in [0.25, 0.3) is 0 Å². The Bertz CT molecular complexity index is 400. The van der Waals surface area contributed by atoms with Crippen LogP contribution in [0.15, 0.2) is 18.2 Å². The largest absolute Gasteiger partial charge is 0.508 e. The summed E-state index contributed by atoms with van der Waals surface area (Å²) in [6.45, 7) is 0.0980. The Morgan fingerprint density at radius 1 is 1.47 bits per heavy atom. The van der Waals surface area contributed by atoms with Crippen molar-refractivity contribution in [1.82, 2.24) is 5.32 Å². The number of phenols is 1. The first-order valence-corrected chi connectivity index (χ1v) is 5.23. The summed E-state index contributed by atoms with van der Waals surface area (Å²) >= 11 is 0. The van der Waals surface area contributed by atoms with Crippen molar-refractivity contribution in [3.8, 4) is 11.5 Å². The molecule has 0 aromatic heterocycles. The molecule has 2 rings (SSSR count). The van der Waals surface area contributed by atoms with Crippen LogP contribution in [0.5, 0.6) is 11.5 Å². The smallest absolute Gasteiger partial charge is 0.265 e. The third-order valence-electron chi connectivity index (χ3n) is 2.64. The predicted molar refractivity (Wildman–Crippen MR) is 56.4 cm³/mol. The molecule has 94 valence electrons. The van der Waals surface area contributed by atoms with Crippen molar-refractivity contribution in [2.45, 2.75) is 18.6 Å². The standard InChI is InChI=1S/C11H13F2NO3/c12-11(13)9(16)4-14-8-5-17-10-3-6(15)1-2-7(8)10/h1-3,8-9,11,14-16H,4-5H2. The number of ether oxygens (including phenoxy) is 1. The first kappa shape index (κ1) is 12.1. The van der Waals surface area contributed by atoms with Crippen LogP contribution in [-0.4, -0.2) is 35.9 Å². The summed E-state index contributed by atoms with van der Waals surface area (Å²) in [6, 6.07) is 4.41. The van der Waals surface area contributed by atoms with Crippen LogP contribution in [0.2, 0.25) is 0 Å². The lowest BCUT2D eigenvalue weighted by atomic mass is 10.1. The Morgan fingerprint density at radius 3 is 2.94 bits per heavy atom. The Morgan fingerprint density at radius 2 is 2.24 bits per heavy atom. The van der Waals surface area contributed by atoms with Gasteiger partial charge in [-0.2, -0.15) is 0 Å². The van der Waals surface area contributed by atoms with Crippen molar-refractivity contribution in [1.29, 1.82) is 0 Å². The zero-order valence-electron chi connectivity index (χ0n) is 8.94. The third kappa shape index (κ3) is 2.65. The number of nitrogens with one attached hydrogen (secondary N) is 1. The van der Waals surface area contributed by atoms with Gasteiger partial charge in [0.25, 0.3) is 6.43 Å². The van der Waals surface area contributed by atoms with E-state index in [2.05, 4.69) is 5.32 Å². The molecule has 0 saturated heterocycles. The molecule has 1 aromatic carbocycles. The number of halogens is 2. The average Bonchev–Trinajstić information content (AvgIpc) is 2.67. The van der Waals surface area contributed by atoms with Crippen LogP contribution in [0, 0.1) is 0 Å². The number of hydrogen-bond acceptors (Lipinski definition) is 4. The van der Waals surface area contributed by atoms with Gasteiger partial charge < -0.3 is 20.3 Å². The maximum Gasteiger partial charge on any atom is 0.265 e. The minimum atomic E-state index is -2.76. The van der Waals surface area contributed by atoms with Gasteiger partial charge in [0.2, 0.25) is 0 Å². The Kier molecular flexibility index (Phi) is 3.44. The van der Waals surface area contributed by atoms with Crippen molar-refractivity contribution < 1.29 is 23.7 Å². The highest BCUT2D eigenvalue weighted by atomic mass is 19.3. The number of phenolic OH excluding ortho intramolecular Hbond substituents is 1. The Balaban J connectivity index is 1.98. The molecule has 4 nitrogen and oxygen atoms in total. The molecule has 0 amide bonds. The third-order valence-corrected chi connectivity index (χ3v) is 2.64. The minimum Gasteiger partial charge on any atom is -0.508 e. The van der Waals surface area contributed by atoms with E-state index in [1.165, 1.54) is 12.1 Å². The van der Waals surface area contributed by atoms with Crippen LogP contribution in [0.3, 0.4) is 0 Å². The van der Waals surface area contributed by atoms with E-state index >= 15 is 0 Å². The summed E-state index contributed by atoms with van der Waals surface area (Å²) in [5.74, 6) is 0.631. The number of aromatic hydroxyl groups is 1. The van der Waals surface area contributed by atoms with Gasteiger partial charge in [0.05, 0.1) is 6.04 Å². The number of aliphatic hydroxyl groups excluding tert-OH is 1. The van der Waals surface area contributed by atoms with Gasteiger partial charge in [0.15, 0.2) is 0 Å². The summed E-state index contributed by atoms with van der Waals surface area (Å²) in [7, 11) is 0. The maximum absolute atomic E-state index is 12.1. The molecule has 0 aliphatic carbocycles. The van der Waals surface area contributed by atoms with Gasteiger partial charge in [-0.15, -0.1) is 0 Å². The monoisotopic (exact) mass is 245 g/mol.